The van der Waals surface area contributed by atoms with Crippen LogP contribution in [-0.2, 0) is 11.8 Å². The zero-order valence-electron chi connectivity index (χ0n) is 10.8. The van der Waals surface area contributed by atoms with Gasteiger partial charge in [-0.2, -0.15) is 0 Å². The van der Waals surface area contributed by atoms with E-state index in [1.54, 1.807) is 12.1 Å². The third-order valence-electron chi connectivity index (χ3n) is 3.92. The van der Waals surface area contributed by atoms with Gasteiger partial charge in [-0.3, -0.25) is 4.98 Å². The molecule has 1 aliphatic carbocycles. The topological polar surface area (TPSA) is 50.2 Å². The van der Waals surface area contributed by atoms with Crippen LogP contribution >= 0.6 is 11.6 Å². The van der Waals surface area contributed by atoms with Crippen molar-refractivity contribution in [1.82, 2.24) is 4.98 Å². The van der Waals surface area contributed by atoms with Gasteiger partial charge in [0, 0.05) is 10.8 Å². The van der Waals surface area contributed by atoms with E-state index in [4.69, 9.17) is 11.6 Å². The van der Waals surface area contributed by atoms with Crippen LogP contribution < -0.4 is 0 Å². The molecule has 1 N–H and O–H groups in total. The standard InChI is InChI=1S/C15H14ClNO2/c1-15(2)7-6-8-11(14(18)19)12-9(16)4-3-5-10(12)17-13(8)15/h3-5H,6-7H2,1-2H3,(H,18,19). The Bertz CT molecular complexity index is 707. The highest BCUT2D eigenvalue weighted by atomic mass is 35.5. The van der Waals surface area contributed by atoms with Crippen LogP contribution in [0.25, 0.3) is 10.9 Å². The number of hydrogen-bond acceptors (Lipinski definition) is 2. The van der Waals surface area contributed by atoms with Gasteiger partial charge in [-0.15, -0.1) is 0 Å². The van der Waals surface area contributed by atoms with Crippen LogP contribution in [0.2, 0.25) is 5.02 Å². The minimum absolute atomic E-state index is 0.0734. The van der Waals surface area contributed by atoms with E-state index in [1.807, 2.05) is 6.07 Å². The summed E-state index contributed by atoms with van der Waals surface area (Å²) >= 11 is 6.18. The van der Waals surface area contributed by atoms with Crippen molar-refractivity contribution < 1.29 is 9.90 Å². The zero-order valence-corrected chi connectivity index (χ0v) is 11.6. The molecule has 3 nitrogen and oxygen atoms in total. The lowest BCUT2D eigenvalue weighted by Gasteiger charge is -2.19. The van der Waals surface area contributed by atoms with Crippen molar-refractivity contribution in [2.45, 2.75) is 32.1 Å². The number of aromatic nitrogens is 1. The average molecular weight is 276 g/mol. The number of aromatic carboxylic acids is 1. The molecule has 4 heteroatoms. The summed E-state index contributed by atoms with van der Waals surface area (Å²) < 4.78 is 0. The van der Waals surface area contributed by atoms with Gasteiger partial charge in [0.2, 0.25) is 0 Å². The van der Waals surface area contributed by atoms with Crippen LogP contribution in [0.15, 0.2) is 18.2 Å². The fourth-order valence-electron chi connectivity index (χ4n) is 2.91. The average Bonchev–Trinajstić information content (AvgIpc) is 2.63. The number of nitrogens with zero attached hydrogens (tertiary/aromatic N) is 1. The van der Waals surface area contributed by atoms with Crippen molar-refractivity contribution in [2.75, 3.05) is 0 Å². The van der Waals surface area contributed by atoms with Crippen molar-refractivity contribution in [3.05, 3.63) is 40.0 Å². The van der Waals surface area contributed by atoms with Gasteiger partial charge in [0.05, 0.1) is 21.8 Å². The van der Waals surface area contributed by atoms with Crippen molar-refractivity contribution in [3.8, 4) is 0 Å². The number of pyridine rings is 1. The third-order valence-corrected chi connectivity index (χ3v) is 4.23. The van der Waals surface area contributed by atoms with Crippen LogP contribution in [-0.4, -0.2) is 16.1 Å². The number of halogens is 1. The predicted octanol–water partition coefficient (Wildman–Crippen LogP) is 3.81. The van der Waals surface area contributed by atoms with Crippen LogP contribution in [0.4, 0.5) is 0 Å². The van der Waals surface area contributed by atoms with Gasteiger partial charge in [-0.1, -0.05) is 31.5 Å². The molecule has 1 aromatic carbocycles. The molecular weight excluding hydrogens is 262 g/mol. The van der Waals surface area contributed by atoms with Crippen molar-refractivity contribution in [2.24, 2.45) is 0 Å². The maximum absolute atomic E-state index is 11.7. The highest BCUT2D eigenvalue weighted by Crippen LogP contribution is 2.42. The largest absolute Gasteiger partial charge is 0.478 e. The molecule has 0 unspecified atom stereocenters. The van der Waals surface area contributed by atoms with Gasteiger partial charge in [0.1, 0.15) is 0 Å². The van der Waals surface area contributed by atoms with E-state index in [-0.39, 0.29) is 5.41 Å². The molecule has 1 heterocycles. The summed E-state index contributed by atoms with van der Waals surface area (Å²) in [4.78, 5) is 16.3. The summed E-state index contributed by atoms with van der Waals surface area (Å²) in [5.41, 5.74) is 2.67. The second kappa shape index (κ2) is 3.94. The molecule has 19 heavy (non-hydrogen) atoms. The van der Waals surface area contributed by atoms with E-state index in [0.717, 1.165) is 24.1 Å². The van der Waals surface area contributed by atoms with Crippen LogP contribution in [0, 0.1) is 0 Å². The lowest BCUT2D eigenvalue weighted by atomic mass is 9.89. The van der Waals surface area contributed by atoms with Crippen LogP contribution in [0.5, 0.6) is 0 Å². The van der Waals surface area contributed by atoms with E-state index in [0.29, 0.717) is 21.5 Å². The SMILES string of the molecule is CC1(C)CCc2c1nc1cccc(Cl)c1c2C(=O)O. The van der Waals surface area contributed by atoms with Gasteiger partial charge in [-0.25, -0.2) is 4.79 Å². The Hall–Kier alpha value is -1.61. The highest BCUT2D eigenvalue weighted by Gasteiger charge is 2.35. The summed E-state index contributed by atoms with van der Waals surface area (Å²) in [6, 6.07) is 5.34. The minimum atomic E-state index is -0.922. The molecule has 0 amide bonds. The monoisotopic (exact) mass is 275 g/mol. The fraction of sp³-hybridized carbons (Fsp3) is 0.333. The van der Waals surface area contributed by atoms with E-state index < -0.39 is 5.97 Å². The molecule has 1 aliphatic rings. The van der Waals surface area contributed by atoms with Gasteiger partial charge in [-0.05, 0) is 30.5 Å². The molecule has 0 saturated carbocycles. The lowest BCUT2D eigenvalue weighted by molar-refractivity contribution is 0.0698. The Morgan fingerprint density at radius 3 is 2.84 bits per heavy atom. The normalized spacial score (nSPS) is 16.6. The van der Waals surface area contributed by atoms with E-state index in [1.165, 1.54) is 0 Å². The van der Waals surface area contributed by atoms with Crippen LogP contribution in [0.1, 0.15) is 41.9 Å². The van der Waals surface area contributed by atoms with Crippen molar-refractivity contribution in [1.29, 1.82) is 0 Å². The lowest BCUT2D eigenvalue weighted by Crippen LogP contribution is -2.15. The quantitative estimate of drug-likeness (QED) is 0.861. The minimum Gasteiger partial charge on any atom is -0.478 e. The summed E-state index contributed by atoms with van der Waals surface area (Å²) in [6.07, 6.45) is 1.67. The molecule has 2 aromatic rings. The van der Waals surface area contributed by atoms with E-state index in [9.17, 15) is 9.90 Å². The highest BCUT2D eigenvalue weighted by molar-refractivity contribution is 6.36. The van der Waals surface area contributed by atoms with Gasteiger partial charge < -0.3 is 5.11 Å². The van der Waals surface area contributed by atoms with Crippen molar-refractivity contribution in [3.63, 3.8) is 0 Å². The Kier molecular flexibility index (Phi) is 2.58. The molecule has 0 spiro atoms. The molecule has 0 aliphatic heterocycles. The van der Waals surface area contributed by atoms with Crippen molar-refractivity contribution >= 4 is 28.5 Å². The fourth-order valence-corrected chi connectivity index (χ4v) is 3.17. The first kappa shape index (κ1) is 12.4. The second-order valence-corrected chi connectivity index (χ2v) is 6.04. The maximum Gasteiger partial charge on any atom is 0.336 e. The van der Waals surface area contributed by atoms with Gasteiger partial charge in [0.15, 0.2) is 0 Å². The Labute approximate surface area is 116 Å². The summed E-state index contributed by atoms with van der Waals surface area (Å²) in [7, 11) is 0. The first-order valence-electron chi connectivity index (χ1n) is 6.27. The first-order valence-corrected chi connectivity index (χ1v) is 6.64. The van der Waals surface area contributed by atoms with Crippen LogP contribution in [0.3, 0.4) is 0 Å². The Morgan fingerprint density at radius 1 is 1.42 bits per heavy atom. The number of benzene rings is 1. The molecule has 98 valence electrons. The predicted molar refractivity (Wildman–Crippen MR) is 75.1 cm³/mol. The van der Waals surface area contributed by atoms with E-state index >= 15 is 0 Å². The molecule has 1 aromatic heterocycles. The summed E-state index contributed by atoms with van der Waals surface area (Å²) in [5, 5.41) is 10.6. The molecular formula is C15H14ClNO2. The molecule has 0 saturated heterocycles. The number of carboxylic acid groups (broad SMARTS) is 1. The molecule has 0 radical (unpaired) electrons. The molecule has 0 fully saturated rings. The molecule has 0 atom stereocenters. The summed E-state index contributed by atoms with van der Waals surface area (Å²) in [5.74, 6) is -0.922. The molecule has 3 rings (SSSR count). The number of carboxylic acids is 1. The van der Waals surface area contributed by atoms with E-state index in [2.05, 4.69) is 18.8 Å². The smallest absolute Gasteiger partial charge is 0.336 e. The van der Waals surface area contributed by atoms with Gasteiger partial charge in [0.25, 0.3) is 0 Å². The van der Waals surface area contributed by atoms with Gasteiger partial charge >= 0.3 is 5.97 Å². The first-order chi connectivity index (χ1) is 8.92. The number of rotatable bonds is 1. The number of hydrogen-bond donors (Lipinski definition) is 1. The number of fused-ring (bicyclic) bond motifs is 2. The Balaban J connectivity index is 2.50. The third kappa shape index (κ3) is 1.72. The second-order valence-electron chi connectivity index (χ2n) is 5.64. The molecule has 0 bridgehead atoms. The number of carbonyl (C=O) groups is 1. The maximum atomic E-state index is 11.7. The zero-order chi connectivity index (χ0) is 13.8. The summed E-state index contributed by atoms with van der Waals surface area (Å²) in [6.45, 7) is 4.21. The Morgan fingerprint density at radius 2 is 2.16 bits per heavy atom.